The molecule has 0 bridgehead atoms. The maximum atomic E-state index is 12.0. The number of carbonyl (C=O) groups excluding carboxylic acids is 1. The summed E-state index contributed by atoms with van der Waals surface area (Å²) in [6.07, 6.45) is 14.8. The summed E-state index contributed by atoms with van der Waals surface area (Å²) in [5.74, 6) is 0.640. The Labute approximate surface area is 135 Å². The normalized spacial score (nSPS) is 10.9. The van der Waals surface area contributed by atoms with Crippen LogP contribution in [0.5, 0.6) is 0 Å². The van der Waals surface area contributed by atoms with E-state index in [-0.39, 0.29) is 5.91 Å². The highest BCUT2D eigenvalue weighted by atomic mass is 16.5. The minimum absolute atomic E-state index is 0.0298. The second-order valence-corrected chi connectivity index (χ2v) is 6.17. The van der Waals surface area contributed by atoms with Crippen LogP contribution in [0.4, 0.5) is 0 Å². The van der Waals surface area contributed by atoms with E-state index < -0.39 is 0 Å². The molecule has 1 heterocycles. The Balaban J connectivity index is 1.95. The van der Waals surface area contributed by atoms with Crippen molar-refractivity contribution in [3.05, 3.63) is 17.5 Å². The van der Waals surface area contributed by atoms with Crippen molar-refractivity contribution >= 4 is 5.91 Å². The Hall–Kier alpha value is -1.32. The molecule has 0 fully saturated rings. The molecule has 126 valence electrons. The first-order valence-electron chi connectivity index (χ1n) is 8.90. The Morgan fingerprint density at radius 1 is 1.05 bits per heavy atom. The predicted octanol–water partition coefficient (Wildman–Crippen LogP) is 4.06. The molecule has 0 unspecified atom stereocenters. The lowest BCUT2D eigenvalue weighted by Crippen LogP contribution is -2.27. The number of nitrogens with one attached hydrogen (secondary N) is 1. The van der Waals surface area contributed by atoms with E-state index in [2.05, 4.69) is 12.2 Å². The predicted molar refractivity (Wildman–Crippen MR) is 88.8 cm³/mol. The van der Waals surface area contributed by atoms with Gasteiger partial charge in [-0.25, -0.2) is 4.52 Å². The molecule has 0 saturated heterocycles. The van der Waals surface area contributed by atoms with E-state index in [9.17, 15) is 4.79 Å². The fourth-order valence-electron chi connectivity index (χ4n) is 2.69. The fourth-order valence-corrected chi connectivity index (χ4v) is 2.69. The van der Waals surface area contributed by atoms with Gasteiger partial charge in [0.15, 0.2) is 18.4 Å². The summed E-state index contributed by atoms with van der Waals surface area (Å²) in [6.45, 7) is 4.83. The molecule has 0 aliphatic rings. The molecule has 0 aliphatic heterocycles. The minimum Gasteiger partial charge on any atom is -0.352 e. The third-order valence-electron chi connectivity index (χ3n) is 4.03. The first kappa shape index (κ1) is 18.7. The van der Waals surface area contributed by atoms with E-state index in [0.717, 1.165) is 13.0 Å². The number of rotatable bonds is 12. The van der Waals surface area contributed by atoms with Crippen LogP contribution < -0.4 is 10.1 Å². The van der Waals surface area contributed by atoms with E-state index in [1.54, 1.807) is 18.0 Å². The molecular formula is C18H33N2O2+. The summed E-state index contributed by atoms with van der Waals surface area (Å²) >= 11 is 0. The summed E-state index contributed by atoms with van der Waals surface area (Å²) in [4.78, 5) is 12.0. The summed E-state index contributed by atoms with van der Waals surface area (Å²) < 4.78 is 6.86. The van der Waals surface area contributed by atoms with Gasteiger partial charge in [-0.2, -0.15) is 0 Å². The van der Waals surface area contributed by atoms with Crippen molar-refractivity contribution < 1.29 is 14.1 Å². The molecule has 0 aliphatic carbocycles. The lowest BCUT2D eigenvalue weighted by molar-refractivity contribution is -0.846. The van der Waals surface area contributed by atoms with Crippen LogP contribution in [0.25, 0.3) is 0 Å². The van der Waals surface area contributed by atoms with Crippen molar-refractivity contribution in [2.45, 2.75) is 78.1 Å². The van der Waals surface area contributed by atoms with Crippen LogP contribution in [-0.4, -0.2) is 12.5 Å². The van der Waals surface area contributed by atoms with Gasteiger partial charge in [0.25, 0.3) is 5.91 Å². The molecule has 0 radical (unpaired) electrons. The molecule has 1 rings (SSSR count). The van der Waals surface area contributed by atoms with Crippen LogP contribution in [0.3, 0.4) is 0 Å². The molecule has 0 aromatic carbocycles. The second-order valence-electron chi connectivity index (χ2n) is 6.17. The minimum atomic E-state index is -0.0298. The van der Waals surface area contributed by atoms with E-state index >= 15 is 0 Å². The maximum Gasteiger partial charge on any atom is 0.261 e. The van der Waals surface area contributed by atoms with E-state index in [4.69, 9.17) is 4.52 Å². The molecule has 1 amide bonds. The van der Waals surface area contributed by atoms with Gasteiger partial charge < -0.3 is 5.32 Å². The summed E-state index contributed by atoms with van der Waals surface area (Å²) in [6, 6.07) is 0. The topological polar surface area (TPSA) is 46.1 Å². The molecule has 0 spiro atoms. The van der Waals surface area contributed by atoms with Crippen molar-refractivity contribution in [1.29, 1.82) is 0 Å². The number of amides is 1. The van der Waals surface area contributed by atoms with Gasteiger partial charge in [0, 0.05) is 13.5 Å². The summed E-state index contributed by atoms with van der Waals surface area (Å²) in [5, 5.41) is 2.97. The van der Waals surface area contributed by atoms with Crippen molar-refractivity contribution in [1.82, 2.24) is 5.32 Å². The van der Waals surface area contributed by atoms with Crippen LogP contribution >= 0.6 is 0 Å². The number of carbonyl (C=O) groups is 1. The van der Waals surface area contributed by atoms with E-state index in [1.807, 2.05) is 6.92 Å². The van der Waals surface area contributed by atoms with Crippen LogP contribution in [0.2, 0.25) is 0 Å². The van der Waals surface area contributed by atoms with Gasteiger partial charge in [0.05, 0.1) is 0 Å². The molecule has 0 atom stereocenters. The average molecular weight is 309 g/mol. The molecule has 1 N–H and O–H groups in total. The van der Waals surface area contributed by atoms with Crippen LogP contribution in [0.15, 0.2) is 10.7 Å². The Bertz CT molecular complexity index is 427. The first-order valence-corrected chi connectivity index (χ1v) is 8.90. The monoisotopic (exact) mass is 309 g/mol. The lowest BCUT2D eigenvalue weighted by atomic mass is 10.1. The molecular weight excluding hydrogens is 276 g/mol. The van der Waals surface area contributed by atoms with Gasteiger partial charge in [-0.1, -0.05) is 64.7 Å². The Morgan fingerprint density at radius 3 is 2.09 bits per heavy atom. The summed E-state index contributed by atoms with van der Waals surface area (Å²) in [7, 11) is 1.78. The van der Waals surface area contributed by atoms with Crippen LogP contribution in [0, 0.1) is 6.92 Å². The zero-order chi connectivity index (χ0) is 16.2. The zero-order valence-electron chi connectivity index (χ0n) is 14.6. The largest absolute Gasteiger partial charge is 0.352 e. The highest BCUT2D eigenvalue weighted by Gasteiger charge is 2.18. The quantitative estimate of drug-likeness (QED) is 0.467. The molecule has 4 nitrogen and oxygen atoms in total. The maximum absolute atomic E-state index is 12.0. The Morgan fingerprint density at radius 2 is 1.59 bits per heavy atom. The number of hydrogen-bond acceptors (Lipinski definition) is 2. The third-order valence-corrected chi connectivity index (χ3v) is 4.03. The van der Waals surface area contributed by atoms with Crippen molar-refractivity contribution in [2.75, 3.05) is 6.54 Å². The number of nitrogens with zero attached hydrogens (tertiary/aromatic N) is 1. The summed E-state index contributed by atoms with van der Waals surface area (Å²) in [5.41, 5.74) is 0.634. The van der Waals surface area contributed by atoms with Gasteiger partial charge in [0.2, 0.25) is 6.20 Å². The third kappa shape index (κ3) is 7.62. The van der Waals surface area contributed by atoms with Crippen LogP contribution in [-0.2, 0) is 7.05 Å². The van der Waals surface area contributed by atoms with Gasteiger partial charge >= 0.3 is 0 Å². The SMILES string of the molecule is CCCCCCCCCCCCNC(=O)c1c[n+](C)oc1C. The molecule has 1 aromatic rings. The molecule has 4 heteroatoms. The molecule has 0 saturated carbocycles. The van der Waals surface area contributed by atoms with Gasteiger partial charge in [-0.3, -0.25) is 4.79 Å². The van der Waals surface area contributed by atoms with Crippen molar-refractivity contribution in [3.8, 4) is 0 Å². The highest BCUT2D eigenvalue weighted by molar-refractivity contribution is 5.94. The van der Waals surface area contributed by atoms with Crippen molar-refractivity contribution in [2.24, 2.45) is 7.05 Å². The average Bonchev–Trinajstić information content (AvgIpc) is 2.83. The standard InChI is InChI=1S/C18H32N2O2/c1-4-5-6-7-8-9-10-11-12-13-14-19-18(21)17-15-20(3)22-16(17)2/h15H,4-14H2,1-3H3/p+1. The van der Waals surface area contributed by atoms with E-state index in [1.165, 1.54) is 57.8 Å². The molecule has 22 heavy (non-hydrogen) atoms. The smallest absolute Gasteiger partial charge is 0.261 e. The zero-order valence-corrected chi connectivity index (χ0v) is 14.6. The van der Waals surface area contributed by atoms with Crippen LogP contribution in [0.1, 0.15) is 87.3 Å². The van der Waals surface area contributed by atoms with Gasteiger partial charge in [-0.05, 0) is 11.2 Å². The second kappa shape index (κ2) is 11.3. The first-order chi connectivity index (χ1) is 10.6. The fraction of sp³-hybridized carbons (Fsp3) is 0.778. The van der Waals surface area contributed by atoms with Gasteiger partial charge in [-0.15, -0.1) is 0 Å². The highest BCUT2D eigenvalue weighted by Crippen LogP contribution is 2.10. The number of hydrogen-bond donors (Lipinski definition) is 1. The molecule has 1 aromatic heterocycles. The number of aryl methyl sites for hydroxylation is 2. The number of unbranched alkanes of at least 4 members (excludes halogenated alkanes) is 9. The number of aromatic nitrogens is 1. The van der Waals surface area contributed by atoms with E-state index in [0.29, 0.717) is 11.3 Å². The van der Waals surface area contributed by atoms with Gasteiger partial charge in [0.1, 0.15) is 0 Å². The Kier molecular flexibility index (Phi) is 9.60. The lowest BCUT2D eigenvalue weighted by Gasteiger charge is -2.04. The van der Waals surface area contributed by atoms with Crippen molar-refractivity contribution in [3.63, 3.8) is 0 Å².